The highest BCUT2D eigenvalue weighted by atomic mass is 16.6. The first kappa shape index (κ1) is 53.6. The minimum absolute atomic E-state index is 0.0768. The average Bonchev–Trinajstić information content (AvgIpc) is 3.19. The predicted molar refractivity (Wildman–Crippen MR) is 238 cm³/mol. The number of ether oxygens (including phenoxy) is 3. The topological polar surface area (TPSA) is 78.9 Å². The molecule has 0 aromatic heterocycles. The van der Waals surface area contributed by atoms with E-state index in [-0.39, 0.29) is 31.1 Å². The van der Waals surface area contributed by atoms with Crippen LogP contribution in [-0.2, 0) is 28.6 Å². The first-order valence-corrected chi connectivity index (χ1v) is 24.0. The van der Waals surface area contributed by atoms with Crippen molar-refractivity contribution in [3.05, 3.63) is 36.5 Å². The summed E-state index contributed by atoms with van der Waals surface area (Å²) in [6.07, 6.45) is 51.6. The molecule has 0 aliphatic rings. The number of esters is 3. The number of hydrogen-bond acceptors (Lipinski definition) is 6. The zero-order valence-corrected chi connectivity index (χ0v) is 37.2. The van der Waals surface area contributed by atoms with E-state index in [9.17, 15) is 14.4 Å². The molecule has 0 spiro atoms. The van der Waals surface area contributed by atoms with E-state index in [0.717, 1.165) is 77.0 Å². The van der Waals surface area contributed by atoms with Crippen LogP contribution in [0.15, 0.2) is 36.5 Å². The van der Waals surface area contributed by atoms with Crippen LogP contribution in [0, 0.1) is 0 Å². The van der Waals surface area contributed by atoms with Gasteiger partial charge in [-0.15, -0.1) is 0 Å². The normalized spacial score (nSPS) is 12.3. The van der Waals surface area contributed by atoms with Gasteiger partial charge in [0.2, 0.25) is 0 Å². The average molecular weight is 787 g/mol. The fourth-order valence-electron chi connectivity index (χ4n) is 6.70. The van der Waals surface area contributed by atoms with Gasteiger partial charge in [-0.05, 0) is 77.0 Å². The molecule has 0 aliphatic carbocycles. The lowest BCUT2D eigenvalue weighted by Gasteiger charge is -2.18. The summed E-state index contributed by atoms with van der Waals surface area (Å²) in [6, 6.07) is 0. The summed E-state index contributed by atoms with van der Waals surface area (Å²) in [6.45, 7) is 6.51. The van der Waals surface area contributed by atoms with E-state index in [1.165, 1.54) is 128 Å². The Hall–Kier alpha value is -2.37. The highest BCUT2D eigenvalue weighted by Crippen LogP contribution is 2.14. The van der Waals surface area contributed by atoms with Crippen LogP contribution in [-0.4, -0.2) is 37.2 Å². The second kappa shape index (κ2) is 45.3. The predicted octanol–water partition coefficient (Wildman–Crippen LogP) is 15.4. The van der Waals surface area contributed by atoms with E-state index in [4.69, 9.17) is 14.2 Å². The highest BCUT2D eigenvalue weighted by molar-refractivity contribution is 5.71. The maximum Gasteiger partial charge on any atom is 0.306 e. The first-order valence-electron chi connectivity index (χ1n) is 24.0. The van der Waals surface area contributed by atoms with Crippen molar-refractivity contribution in [1.82, 2.24) is 0 Å². The van der Waals surface area contributed by atoms with Crippen LogP contribution in [0.3, 0.4) is 0 Å². The quantitative estimate of drug-likeness (QED) is 0.0265. The summed E-state index contributed by atoms with van der Waals surface area (Å²) < 4.78 is 16.6. The Kier molecular flexibility index (Phi) is 43.4. The van der Waals surface area contributed by atoms with E-state index >= 15 is 0 Å². The van der Waals surface area contributed by atoms with Crippen molar-refractivity contribution in [1.29, 1.82) is 0 Å². The lowest BCUT2D eigenvalue weighted by Crippen LogP contribution is -2.30. The summed E-state index contributed by atoms with van der Waals surface area (Å²) in [5, 5.41) is 0. The molecule has 56 heavy (non-hydrogen) atoms. The molecule has 0 radical (unpaired) electrons. The van der Waals surface area contributed by atoms with Crippen LogP contribution in [0.1, 0.15) is 245 Å². The van der Waals surface area contributed by atoms with Gasteiger partial charge in [0.05, 0.1) is 0 Å². The molecule has 6 heteroatoms. The minimum atomic E-state index is -0.771. The van der Waals surface area contributed by atoms with E-state index < -0.39 is 6.10 Å². The van der Waals surface area contributed by atoms with Gasteiger partial charge in [0.1, 0.15) is 13.2 Å². The Labute approximate surface area is 346 Å². The zero-order valence-electron chi connectivity index (χ0n) is 37.2. The van der Waals surface area contributed by atoms with Crippen molar-refractivity contribution in [3.8, 4) is 0 Å². The van der Waals surface area contributed by atoms with Crippen LogP contribution < -0.4 is 0 Å². The third-order valence-electron chi connectivity index (χ3n) is 10.4. The molecule has 0 saturated heterocycles. The highest BCUT2D eigenvalue weighted by Gasteiger charge is 2.19. The van der Waals surface area contributed by atoms with Gasteiger partial charge in [0, 0.05) is 19.3 Å². The summed E-state index contributed by atoms with van der Waals surface area (Å²) in [5.41, 5.74) is 0. The van der Waals surface area contributed by atoms with Crippen LogP contribution in [0.25, 0.3) is 0 Å². The van der Waals surface area contributed by atoms with E-state index in [2.05, 4.69) is 57.2 Å². The van der Waals surface area contributed by atoms with E-state index in [1.54, 1.807) is 0 Å². The number of carbonyl (C=O) groups excluding carboxylic acids is 3. The number of unbranched alkanes of at least 4 members (excludes halogenated alkanes) is 26. The summed E-state index contributed by atoms with van der Waals surface area (Å²) in [4.78, 5) is 37.5. The smallest absolute Gasteiger partial charge is 0.306 e. The second-order valence-corrected chi connectivity index (χ2v) is 16.0. The van der Waals surface area contributed by atoms with Gasteiger partial charge >= 0.3 is 17.9 Å². The molecule has 0 aromatic carbocycles. The van der Waals surface area contributed by atoms with Gasteiger partial charge in [-0.25, -0.2) is 0 Å². The van der Waals surface area contributed by atoms with Crippen molar-refractivity contribution in [3.63, 3.8) is 0 Å². The lowest BCUT2D eigenvalue weighted by molar-refractivity contribution is -0.167. The second-order valence-electron chi connectivity index (χ2n) is 16.0. The maximum atomic E-state index is 12.7. The Bertz CT molecular complexity index is 953. The SMILES string of the molecule is CCCCC/C=C\C/C=C\CCCCCCCCCCCC(=O)OCC(COC(=O)CCCCCCC)OC(=O)CCCCCCC/C=C\CCCCCCC. The van der Waals surface area contributed by atoms with Crippen molar-refractivity contribution in [2.24, 2.45) is 0 Å². The van der Waals surface area contributed by atoms with Crippen molar-refractivity contribution >= 4 is 17.9 Å². The summed E-state index contributed by atoms with van der Waals surface area (Å²) in [7, 11) is 0. The molecule has 0 N–H and O–H groups in total. The fraction of sp³-hybridized carbons (Fsp3) is 0.820. The molecule has 0 aromatic rings. The number of hydrogen-bond donors (Lipinski definition) is 0. The van der Waals surface area contributed by atoms with Gasteiger partial charge < -0.3 is 14.2 Å². The molecule has 6 nitrogen and oxygen atoms in total. The molecule has 0 saturated carbocycles. The van der Waals surface area contributed by atoms with Gasteiger partial charge in [0.25, 0.3) is 0 Å². The Morgan fingerprint density at radius 2 is 0.643 bits per heavy atom. The molecule has 0 heterocycles. The van der Waals surface area contributed by atoms with Crippen LogP contribution in [0.5, 0.6) is 0 Å². The molecule has 1 atom stereocenters. The molecular weight excluding hydrogens is 697 g/mol. The molecule has 0 bridgehead atoms. The third kappa shape index (κ3) is 42.8. The molecule has 0 fully saturated rings. The Morgan fingerprint density at radius 1 is 0.357 bits per heavy atom. The maximum absolute atomic E-state index is 12.7. The summed E-state index contributed by atoms with van der Waals surface area (Å²) >= 11 is 0. The molecule has 1 unspecified atom stereocenters. The summed E-state index contributed by atoms with van der Waals surface area (Å²) in [5.74, 6) is -0.899. The third-order valence-corrected chi connectivity index (χ3v) is 10.4. The number of allylic oxidation sites excluding steroid dienone is 6. The largest absolute Gasteiger partial charge is 0.462 e. The van der Waals surface area contributed by atoms with Gasteiger partial charge in [-0.3, -0.25) is 14.4 Å². The fourth-order valence-corrected chi connectivity index (χ4v) is 6.70. The number of carbonyl (C=O) groups is 3. The van der Waals surface area contributed by atoms with Crippen molar-refractivity contribution in [2.75, 3.05) is 13.2 Å². The molecule has 326 valence electrons. The van der Waals surface area contributed by atoms with Crippen molar-refractivity contribution in [2.45, 2.75) is 252 Å². The molecule has 0 aliphatic heterocycles. The Balaban J connectivity index is 4.18. The van der Waals surface area contributed by atoms with E-state index in [1.807, 2.05) is 0 Å². The van der Waals surface area contributed by atoms with Crippen LogP contribution >= 0.6 is 0 Å². The monoisotopic (exact) mass is 787 g/mol. The van der Waals surface area contributed by atoms with Crippen molar-refractivity contribution < 1.29 is 28.6 Å². The number of rotatable bonds is 43. The minimum Gasteiger partial charge on any atom is -0.462 e. The zero-order chi connectivity index (χ0) is 40.8. The standard InChI is InChI=1S/C50H90O6/c1-4-7-10-13-15-17-19-21-23-24-25-26-27-29-30-32-34-37-40-43-49(52)55-46-47(45-54-48(51)42-39-36-12-9-6-3)56-50(53)44-41-38-35-33-31-28-22-20-18-16-14-11-8-5-2/h15,17,20-23,47H,4-14,16,18-19,24-46H2,1-3H3/b17-15-,22-20-,23-21-. The Morgan fingerprint density at radius 3 is 1.04 bits per heavy atom. The molecular formula is C50H90O6. The van der Waals surface area contributed by atoms with Gasteiger partial charge in [-0.2, -0.15) is 0 Å². The van der Waals surface area contributed by atoms with Gasteiger partial charge in [0.15, 0.2) is 6.10 Å². The first-order chi connectivity index (χ1) is 27.5. The van der Waals surface area contributed by atoms with E-state index in [0.29, 0.717) is 19.3 Å². The van der Waals surface area contributed by atoms with Gasteiger partial charge in [-0.1, -0.05) is 186 Å². The van der Waals surface area contributed by atoms with Crippen LogP contribution in [0.4, 0.5) is 0 Å². The molecule has 0 amide bonds. The van der Waals surface area contributed by atoms with Crippen LogP contribution in [0.2, 0.25) is 0 Å². The molecule has 0 rings (SSSR count). The lowest BCUT2D eigenvalue weighted by atomic mass is 10.1.